The fourth-order valence-corrected chi connectivity index (χ4v) is 4.86. The van der Waals surface area contributed by atoms with Crippen molar-refractivity contribution in [2.75, 3.05) is 19.6 Å². The average Bonchev–Trinajstić information content (AvgIpc) is 3.27. The second kappa shape index (κ2) is 11.4. The monoisotopic (exact) mass is 510 g/mol. The predicted octanol–water partition coefficient (Wildman–Crippen LogP) is 5.02. The highest BCUT2D eigenvalue weighted by Gasteiger charge is 2.26. The summed E-state index contributed by atoms with van der Waals surface area (Å²) in [5.74, 6) is 0. The first-order valence-corrected chi connectivity index (χ1v) is 13.0. The highest BCUT2D eigenvalue weighted by molar-refractivity contribution is 6.30. The molecule has 1 N–H and O–H groups in total. The topological polar surface area (TPSA) is 76.5 Å². The van der Waals surface area contributed by atoms with Crippen LogP contribution in [0.1, 0.15) is 51.3 Å². The number of aromatic nitrogens is 2. The van der Waals surface area contributed by atoms with Gasteiger partial charge in [-0.15, -0.1) is 0 Å². The minimum Gasteiger partial charge on any atom is -0.444 e. The van der Waals surface area contributed by atoms with Gasteiger partial charge >= 0.3 is 6.09 Å². The third-order valence-electron chi connectivity index (χ3n) is 6.40. The molecule has 1 amide bonds. The van der Waals surface area contributed by atoms with Crippen molar-refractivity contribution in [1.82, 2.24) is 20.0 Å². The quantitative estimate of drug-likeness (QED) is 0.430. The van der Waals surface area contributed by atoms with Gasteiger partial charge in [0, 0.05) is 36.0 Å². The molecule has 2 aromatic carbocycles. The van der Waals surface area contributed by atoms with Crippen LogP contribution >= 0.6 is 11.6 Å². The molecule has 0 spiro atoms. The number of hydrogen-bond acceptors (Lipinski definition) is 5. The molecule has 0 radical (unpaired) electrons. The molecule has 1 saturated heterocycles. The Morgan fingerprint density at radius 3 is 2.58 bits per heavy atom. The molecular weight excluding hydrogens is 476 g/mol. The van der Waals surface area contributed by atoms with Crippen LogP contribution in [-0.4, -0.2) is 52.1 Å². The van der Waals surface area contributed by atoms with Gasteiger partial charge in [-0.3, -0.25) is 9.69 Å². The second-order valence-electron chi connectivity index (χ2n) is 10.4. The Balaban J connectivity index is 1.45. The van der Waals surface area contributed by atoms with Crippen molar-refractivity contribution in [3.63, 3.8) is 0 Å². The van der Waals surface area contributed by atoms with Crippen LogP contribution in [0, 0.1) is 0 Å². The molecule has 36 heavy (non-hydrogen) atoms. The van der Waals surface area contributed by atoms with Crippen molar-refractivity contribution in [1.29, 1.82) is 0 Å². The number of alkyl carbamates (subject to hydrolysis) is 1. The molecule has 192 valence electrons. The van der Waals surface area contributed by atoms with Crippen LogP contribution in [0.5, 0.6) is 0 Å². The van der Waals surface area contributed by atoms with Crippen LogP contribution < -0.4 is 10.9 Å². The lowest BCUT2D eigenvalue weighted by atomic mass is 10.0. The Bertz CT molecular complexity index is 1250. The predicted molar refractivity (Wildman–Crippen MR) is 144 cm³/mol. The van der Waals surface area contributed by atoms with Gasteiger partial charge in [0.05, 0.1) is 17.6 Å². The smallest absolute Gasteiger partial charge is 0.407 e. The van der Waals surface area contributed by atoms with E-state index in [1.54, 1.807) is 4.68 Å². The number of carbonyl (C=O) groups excluding carboxylic acids is 1. The molecular formula is C28H35ClN4O3. The first kappa shape index (κ1) is 26.2. The number of nitrogens with zero attached hydrogens (tertiary/aromatic N) is 3. The molecule has 7 nitrogen and oxygen atoms in total. The summed E-state index contributed by atoms with van der Waals surface area (Å²) in [6, 6.07) is 15.7. The maximum Gasteiger partial charge on any atom is 0.407 e. The van der Waals surface area contributed by atoms with Gasteiger partial charge in [-0.2, -0.15) is 5.10 Å². The van der Waals surface area contributed by atoms with E-state index in [0.717, 1.165) is 49.0 Å². The summed E-state index contributed by atoms with van der Waals surface area (Å²) in [5.41, 5.74) is 1.43. The van der Waals surface area contributed by atoms with Crippen LogP contribution in [0.3, 0.4) is 0 Å². The van der Waals surface area contributed by atoms with E-state index in [-0.39, 0.29) is 17.7 Å². The van der Waals surface area contributed by atoms with Gasteiger partial charge in [0.15, 0.2) is 0 Å². The summed E-state index contributed by atoms with van der Waals surface area (Å²) in [4.78, 5) is 27.6. The first-order chi connectivity index (χ1) is 17.2. The minimum atomic E-state index is -0.503. The van der Waals surface area contributed by atoms with E-state index in [4.69, 9.17) is 21.4 Å². The van der Waals surface area contributed by atoms with Gasteiger partial charge in [-0.05, 0) is 70.3 Å². The van der Waals surface area contributed by atoms with Crippen molar-refractivity contribution < 1.29 is 9.53 Å². The van der Waals surface area contributed by atoms with Crippen molar-refractivity contribution >= 4 is 28.5 Å². The van der Waals surface area contributed by atoms with Gasteiger partial charge in [0.1, 0.15) is 5.60 Å². The van der Waals surface area contributed by atoms with Crippen LogP contribution in [0.2, 0.25) is 5.02 Å². The zero-order valence-corrected chi connectivity index (χ0v) is 22.1. The normalized spacial score (nSPS) is 16.4. The average molecular weight is 511 g/mol. The number of halogens is 1. The van der Waals surface area contributed by atoms with E-state index in [9.17, 15) is 9.59 Å². The third-order valence-corrected chi connectivity index (χ3v) is 6.65. The zero-order chi connectivity index (χ0) is 25.7. The number of carbonyl (C=O) groups is 1. The Labute approximate surface area is 217 Å². The molecule has 3 aromatic rings. The molecule has 0 unspecified atom stereocenters. The van der Waals surface area contributed by atoms with E-state index < -0.39 is 5.60 Å². The lowest BCUT2D eigenvalue weighted by Gasteiger charge is -2.25. The molecule has 1 aromatic heterocycles. The number of benzene rings is 2. The molecule has 1 atom stereocenters. The van der Waals surface area contributed by atoms with E-state index >= 15 is 0 Å². The van der Waals surface area contributed by atoms with Crippen LogP contribution in [0.4, 0.5) is 4.79 Å². The fraction of sp³-hybridized carbons (Fsp3) is 0.464. The summed E-state index contributed by atoms with van der Waals surface area (Å²) >= 11 is 6.06. The molecule has 0 saturated carbocycles. The highest BCUT2D eigenvalue weighted by atomic mass is 35.5. The van der Waals surface area contributed by atoms with Gasteiger partial charge < -0.3 is 10.1 Å². The summed E-state index contributed by atoms with van der Waals surface area (Å²) in [6.07, 6.45) is 3.16. The molecule has 1 aliphatic rings. The molecule has 1 fully saturated rings. The van der Waals surface area contributed by atoms with Gasteiger partial charge in [-0.1, -0.05) is 41.9 Å². The maximum absolute atomic E-state index is 13.3. The standard InChI is InChI=1S/C28H35ClN4O3/c1-28(2,3)36-27(35)30-15-7-17-32-16-6-8-22(32)19-33-26(34)24-10-5-4-9-23(24)25(31-33)18-20-11-13-21(29)14-12-20/h4-5,9-14,22H,6-8,15-19H2,1-3H3,(H,30,35)/t22-/m1/s1. The number of rotatable bonds is 8. The van der Waals surface area contributed by atoms with Gasteiger partial charge in [0.2, 0.25) is 0 Å². The number of likely N-dealkylation sites (tertiary alicyclic amines) is 1. The van der Waals surface area contributed by atoms with Crippen molar-refractivity contribution in [2.24, 2.45) is 0 Å². The largest absolute Gasteiger partial charge is 0.444 e. The van der Waals surface area contributed by atoms with Crippen molar-refractivity contribution in [3.05, 3.63) is 75.2 Å². The number of nitrogens with one attached hydrogen (secondary N) is 1. The van der Waals surface area contributed by atoms with Crippen molar-refractivity contribution in [2.45, 2.75) is 64.6 Å². The van der Waals surface area contributed by atoms with Gasteiger partial charge in [-0.25, -0.2) is 9.48 Å². The van der Waals surface area contributed by atoms with E-state index in [1.165, 1.54) is 0 Å². The van der Waals surface area contributed by atoms with E-state index in [1.807, 2.05) is 69.3 Å². The molecule has 8 heteroatoms. The van der Waals surface area contributed by atoms with Gasteiger partial charge in [0.25, 0.3) is 5.56 Å². The fourth-order valence-electron chi connectivity index (χ4n) is 4.74. The Morgan fingerprint density at radius 1 is 1.14 bits per heavy atom. The van der Waals surface area contributed by atoms with Crippen LogP contribution in [0.25, 0.3) is 10.8 Å². The Kier molecular flexibility index (Phi) is 8.32. The minimum absolute atomic E-state index is 0.0519. The maximum atomic E-state index is 13.3. The number of ether oxygens (including phenoxy) is 1. The number of hydrogen-bond donors (Lipinski definition) is 1. The number of amides is 1. The third kappa shape index (κ3) is 6.86. The summed E-state index contributed by atoms with van der Waals surface area (Å²) in [5, 5.41) is 9.96. The molecule has 0 aliphatic carbocycles. The molecule has 2 heterocycles. The number of fused-ring (bicyclic) bond motifs is 1. The highest BCUT2D eigenvalue weighted by Crippen LogP contribution is 2.21. The Morgan fingerprint density at radius 2 is 1.86 bits per heavy atom. The van der Waals surface area contributed by atoms with E-state index in [0.29, 0.717) is 29.9 Å². The van der Waals surface area contributed by atoms with Crippen molar-refractivity contribution in [3.8, 4) is 0 Å². The molecule has 0 bridgehead atoms. The molecule has 1 aliphatic heterocycles. The lowest BCUT2D eigenvalue weighted by molar-refractivity contribution is 0.0525. The summed E-state index contributed by atoms with van der Waals surface area (Å²) < 4.78 is 6.95. The van der Waals surface area contributed by atoms with Crippen LogP contribution in [-0.2, 0) is 17.7 Å². The first-order valence-electron chi connectivity index (χ1n) is 12.6. The van der Waals surface area contributed by atoms with Crippen LogP contribution in [0.15, 0.2) is 53.3 Å². The second-order valence-corrected chi connectivity index (χ2v) is 10.8. The molecule has 4 rings (SSSR count). The summed E-state index contributed by atoms with van der Waals surface area (Å²) in [6.45, 7) is 8.49. The Hall–Kier alpha value is -2.90. The summed E-state index contributed by atoms with van der Waals surface area (Å²) in [7, 11) is 0. The lowest BCUT2D eigenvalue weighted by Crippen LogP contribution is -2.39. The van der Waals surface area contributed by atoms with E-state index in [2.05, 4.69) is 10.2 Å². The SMILES string of the molecule is CC(C)(C)OC(=O)NCCCN1CCC[C@@H]1Cn1nc(Cc2ccc(Cl)cc2)c2ccccc2c1=O. The zero-order valence-electron chi connectivity index (χ0n) is 21.3.